The number of methoxy groups -OCH3 is 1. The van der Waals surface area contributed by atoms with E-state index in [-0.39, 0.29) is 17.1 Å². The Hall–Kier alpha value is -3.10. The van der Waals surface area contributed by atoms with Crippen LogP contribution in [0.4, 0.5) is 8.78 Å². The minimum absolute atomic E-state index is 0.206. The molecule has 0 saturated heterocycles. The monoisotopic (exact) mass is 441 g/mol. The molecule has 1 N–H and O–H groups in total. The fourth-order valence-electron chi connectivity index (χ4n) is 3.47. The molecular weight excluding hydrogens is 420 g/mol. The van der Waals surface area contributed by atoms with Crippen molar-refractivity contribution in [3.63, 3.8) is 0 Å². The third-order valence-corrected chi connectivity index (χ3v) is 5.96. The van der Waals surface area contributed by atoms with E-state index in [4.69, 9.17) is 4.74 Å². The highest BCUT2D eigenvalue weighted by molar-refractivity contribution is 7.17. The van der Waals surface area contributed by atoms with Crippen LogP contribution in [0, 0.1) is 11.6 Å². The topological polar surface area (TPSA) is 58.2 Å². The van der Waals surface area contributed by atoms with Crippen LogP contribution in [0.25, 0.3) is 21.3 Å². The third kappa shape index (κ3) is 4.50. The van der Waals surface area contributed by atoms with E-state index < -0.39 is 5.82 Å². The van der Waals surface area contributed by atoms with Crippen molar-refractivity contribution in [2.45, 2.75) is 20.0 Å². The molecule has 4 rings (SSSR count). The molecule has 2 aromatic heterocycles. The predicted octanol–water partition coefficient (Wildman–Crippen LogP) is 4.96. The highest BCUT2D eigenvalue weighted by Crippen LogP contribution is 2.31. The molecule has 0 bridgehead atoms. The van der Waals surface area contributed by atoms with Crippen molar-refractivity contribution in [3.05, 3.63) is 81.2 Å². The Bertz CT molecular complexity index is 1270. The van der Waals surface area contributed by atoms with Gasteiger partial charge in [-0.1, -0.05) is 25.1 Å². The van der Waals surface area contributed by atoms with Crippen molar-refractivity contribution >= 4 is 21.6 Å². The molecule has 31 heavy (non-hydrogen) atoms. The fraction of sp³-hybridized carbons (Fsp3) is 0.217. The summed E-state index contributed by atoms with van der Waals surface area (Å²) in [4.78, 5) is 23.0. The number of benzene rings is 2. The standard InChI is InChI=1S/C23H21F2N3O2S/c1-3-28(11-14-4-9-19(30-2)18(25)10-14)12-20-26-22(29)21-17(13-31-23(21)27-20)15-5-7-16(24)8-6-15/h4-10,13H,3,11-12H2,1-2H3,(H,26,27,29). The zero-order valence-corrected chi connectivity index (χ0v) is 17.9. The van der Waals surface area contributed by atoms with E-state index in [0.29, 0.717) is 35.7 Å². The van der Waals surface area contributed by atoms with Crippen LogP contribution in [-0.2, 0) is 13.1 Å². The molecule has 0 radical (unpaired) electrons. The van der Waals surface area contributed by atoms with Crippen molar-refractivity contribution < 1.29 is 13.5 Å². The summed E-state index contributed by atoms with van der Waals surface area (Å²) in [5.41, 5.74) is 2.08. The molecule has 2 aromatic carbocycles. The van der Waals surface area contributed by atoms with Crippen LogP contribution in [-0.4, -0.2) is 28.5 Å². The van der Waals surface area contributed by atoms with Crippen LogP contribution >= 0.6 is 11.3 Å². The first-order valence-corrected chi connectivity index (χ1v) is 10.7. The van der Waals surface area contributed by atoms with E-state index in [1.165, 1.54) is 36.6 Å². The van der Waals surface area contributed by atoms with E-state index in [2.05, 4.69) is 14.9 Å². The maximum atomic E-state index is 14.0. The van der Waals surface area contributed by atoms with Gasteiger partial charge in [0.05, 0.1) is 19.0 Å². The first-order chi connectivity index (χ1) is 15.0. The second-order valence-electron chi connectivity index (χ2n) is 7.12. The number of nitrogens with one attached hydrogen (secondary N) is 1. The maximum Gasteiger partial charge on any atom is 0.260 e. The van der Waals surface area contributed by atoms with E-state index in [9.17, 15) is 13.6 Å². The zero-order valence-electron chi connectivity index (χ0n) is 17.1. The minimum atomic E-state index is -0.407. The molecule has 0 aliphatic carbocycles. The first kappa shape index (κ1) is 21.1. The number of H-pyrrole nitrogens is 1. The van der Waals surface area contributed by atoms with Crippen molar-refractivity contribution in [1.82, 2.24) is 14.9 Å². The van der Waals surface area contributed by atoms with E-state index in [1.54, 1.807) is 18.2 Å². The van der Waals surface area contributed by atoms with Gasteiger partial charge in [-0.3, -0.25) is 9.69 Å². The number of hydrogen-bond donors (Lipinski definition) is 1. The number of ether oxygens (including phenoxy) is 1. The van der Waals surface area contributed by atoms with Gasteiger partial charge in [0.25, 0.3) is 5.56 Å². The molecule has 4 aromatic rings. The lowest BCUT2D eigenvalue weighted by Gasteiger charge is -2.20. The zero-order chi connectivity index (χ0) is 22.0. The molecule has 2 heterocycles. The van der Waals surface area contributed by atoms with E-state index in [1.807, 2.05) is 18.4 Å². The number of fused-ring (bicyclic) bond motifs is 1. The molecule has 160 valence electrons. The summed E-state index contributed by atoms with van der Waals surface area (Å²) in [6.07, 6.45) is 0. The summed E-state index contributed by atoms with van der Waals surface area (Å²) < 4.78 is 32.2. The van der Waals surface area contributed by atoms with Gasteiger partial charge in [0.15, 0.2) is 11.6 Å². The van der Waals surface area contributed by atoms with Gasteiger partial charge >= 0.3 is 0 Å². The molecule has 0 unspecified atom stereocenters. The van der Waals surface area contributed by atoms with Crippen molar-refractivity contribution in [2.75, 3.05) is 13.7 Å². The Balaban J connectivity index is 1.58. The molecule has 0 spiro atoms. The second-order valence-corrected chi connectivity index (χ2v) is 7.98. The molecule has 0 amide bonds. The van der Waals surface area contributed by atoms with Crippen molar-refractivity contribution in [3.8, 4) is 16.9 Å². The average Bonchev–Trinajstić information content (AvgIpc) is 3.18. The number of halogens is 2. The van der Waals surface area contributed by atoms with E-state index >= 15 is 0 Å². The maximum absolute atomic E-state index is 14.0. The van der Waals surface area contributed by atoms with Crippen LogP contribution in [0.3, 0.4) is 0 Å². The largest absolute Gasteiger partial charge is 0.494 e. The Morgan fingerprint density at radius 3 is 2.58 bits per heavy atom. The van der Waals surface area contributed by atoms with Gasteiger partial charge in [0, 0.05) is 17.5 Å². The molecule has 0 saturated carbocycles. The Labute approximate surface area is 181 Å². The van der Waals surface area contributed by atoms with Crippen LogP contribution in [0.2, 0.25) is 0 Å². The average molecular weight is 442 g/mol. The molecule has 0 fully saturated rings. The highest BCUT2D eigenvalue weighted by Gasteiger charge is 2.15. The SMILES string of the molecule is CCN(Cc1ccc(OC)c(F)c1)Cc1nc2scc(-c3ccc(F)cc3)c2c(=O)[nH]1. The summed E-state index contributed by atoms with van der Waals surface area (Å²) in [5, 5.41) is 2.36. The highest BCUT2D eigenvalue weighted by atomic mass is 32.1. The molecule has 0 atom stereocenters. The van der Waals surface area contributed by atoms with Gasteiger partial charge < -0.3 is 9.72 Å². The van der Waals surface area contributed by atoms with Gasteiger partial charge in [-0.25, -0.2) is 13.8 Å². The number of aromatic amines is 1. The summed E-state index contributed by atoms with van der Waals surface area (Å²) in [7, 11) is 1.43. The summed E-state index contributed by atoms with van der Waals surface area (Å²) in [5.74, 6) is 0.0173. The van der Waals surface area contributed by atoms with Gasteiger partial charge in [0.2, 0.25) is 0 Å². The number of rotatable bonds is 7. The Kier molecular flexibility index (Phi) is 6.11. The molecular formula is C23H21F2N3O2S. The molecule has 8 heteroatoms. The Morgan fingerprint density at radius 2 is 1.90 bits per heavy atom. The normalized spacial score (nSPS) is 11.4. The fourth-order valence-corrected chi connectivity index (χ4v) is 4.43. The molecule has 0 aliphatic rings. The van der Waals surface area contributed by atoms with Gasteiger partial charge in [-0.05, 0) is 41.9 Å². The quantitative estimate of drug-likeness (QED) is 0.440. The van der Waals surface area contributed by atoms with Crippen molar-refractivity contribution in [2.24, 2.45) is 0 Å². The lowest BCUT2D eigenvalue weighted by atomic mass is 10.1. The summed E-state index contributed by atoms with van der Waals surface area (Å²) in [6, 6.07) is 10.9. The van der Waals surface area contributed by atoms with Crippen LogP contribution in [0.1, 0.15) is 18.3 Å². The smallest absolute Gasteiger partial charge is 0.260 e. The van der Waals surface area contributed by atoms with Gasteiger partial charge in [-0.15, -0.1) is 11.3 Å². The first-order valence-electron chi connectivity index (χ1n) is 9.79. The van der Waals surface area contributed by atoms with Crippen LogP contribution in [0.5, 0.6) is 5.75 Å². The summed E-state index contributed by atoms with van der Waals surface area (Å²) in [6.45, 7) is 3.61. The number of nitrogens with zero attached hydrogens (tertiary/aromatic N) is 2. The Morgan fingerprint density at radius 1 is 1.13 bits per heavy atom. The summed E-state index contributed by atoms with van der Waals surface area (Å²) >= 11 is 1.38. The van der Waals surface area contributed by atoms with Crippen molar-refractivity contribution in [1.29, 1.82) is 0 Å². The minimum Gasteiger partial charge on any atom is -0.494 e. The number of aromatic nitrogens is 2. The predicted molar refractivity (Wildman–Crippen MR) is 118 cm³/mol. The molecule has 0 aliphatic heterocycles. The lowest BCUT2D eigenvalue weighted by molar-refractivity contribution is 0.264. The van der Waals surface area contributed by atoms with Gasteiger partial charge in [0.1, 0.15) is 16.5 Å². The lowest BCUT2D eigenvalue weighted by Crippen LogP contribution is -2.25. The van der Waals surface area contributed by atoms with Crippen LogP contribution in [0.15, 0.2) is 52.6 Å². The van der Waals surface area contributed by atoms with Crippen LogP contribution < -0.4 is 10.3 Å². The number of hydrogen-bond acceptors (Lipinski definition) is 5. The molecule has 5 nitrogen and oxygen atoms in total. The second kappa shape index (κ2) is 8.95. The van der Waals surface area contributed by atoms with E-state index in [0.717, 1.165) is 16.7 Å². The number of thiophene rings is 1. The third-order valence-electron chi connectivity index (χ3n) is 5.09. The van der Waals surface area contributed by atoms with Gasteiger partial charge in [-0.2, -0.15) is 0 Å².